The standard InChI is InChI=1S/C11H21N3O2/c1-14-5-2-9(3-6-14)13-11(15)10-8-12-4-7-16-10/h9-10,12H,2-8H2,1H3,(H,13,15). The van der Waals surface area contributed by atoms with E-state index in [2.05, 4.69) is 22.6 Å². The number of nitrogens with zero attached hydrogens (tertiary/aromatic N) is 1. The number of hydrogen-bond acceptors (Lipinski definition) is 4. The molecule has 5 nitrogen and oxygen atoms in total. The van der Waals surface area contributed by atoms with Crippen molar-refractivity contribution in [3.8, 4) is 0 Å². The Hall–Kier alpha value is -0.650. The first kappa shape index (κ1) is 11.8. The predicted octanol–water partition coefficient (Wildman–Crippen LogP) is -0.815. The third kappa shape index (κ3) is 3.17. The summed E-state index contributed by atoms with van der Waals surface area (Å²) < 4.78 is 5.42. The Morgan fingerprint density at radius 2 is 2.19 bits per heavy atom. The zero-order chi connectivity index (χ0) is 11.4. The van der Waals surface area contributed by atoms with Gasteiger partial charge in [-0.05, 0) is 33.0 Å². The van der Waals surface area contributed by atoms with Gasteiger partial charge in [0.15, 0.2) is 0 Å². The van der Waals surface area contributed by atoms with E-state index in [0.717, 1.165) is 32.5 Å². The van der Waals surface area contributed by atoms with Gasteiger partial charge in [0.1, 0.15) is 6.10 Å². The van der Waals surface area contributed by atoms with E-state index < -0.39 is 0 Å². The number of morpholine rings is 1. The van der Waals surface area contributed by atoms with Gasteiger partial charge in [0.25, 0.3) is 5.91 Å². The Labute approximate surface area is 96.5 Å². The van der Waals surface area contributed by atoms with Crippen LogP contribution in [0.15, 0.2) is 0 Å². The van der Waals surface area contributed by atoms with Gasteiger partial charge in [0.05, 0.1) is 6.61 Å². The molecule has 1 atom stereocenters. The van der Waals surface area contributed by atoms with Crippen molar-refractivity contribution >= 4 is 5.91 Å². The fourth-order valence-electron chi connectivity index (χ4n) is 2.18. The molecule has 2 saturated heterocycles. The largest absolute Gasteiger partial charge is 0.366 e. The number of amides is 1. The molecule has 0 aromatic carbocycles. The van der Waals surface area contributed by atoms with Crippen LogP contribution >= 0.6 is 0 Å². The summed E-state index contributed by atoms with van der Waals surface area (Å²) in [5.74, 6) is 0.0433. The number of likely N-dealkylation sites (tertiary alicyclic amines) is 1. The highest BCUT2D eigenvalue weighted by atomic mass is 16.5. The van der Waals surface area contributed by atoms with E-state index in [9.17, 15) is 4.79 Å². The highest BCUT2D eigenvalue weighted by Crippen LogP contribution is 2.09. The molecule has 5 heteroatoms. The van der Waals surface area contributed by atoms with Gasteiger partial charge >= 0.3 is 0 Å². The fourth-order valence-corrected chi connectivity index (χ4v) is 2.18. The maximum absolute atomic E-state index is 11.9. The van der Waals surface area contributed by atoms with Crippen LogP contribution in [0.25, 0.3) is 0 Å². The van der Waals surface area contributed by atoms with E-state index in [4.69, 9.17) is 4.74 Å². The first-order valence-electron chi connectivity index (χ1n) is 6.07. The Morgan fingerprint density at radius 3 is 2.81 bits per heavy atom. The van der Waals surface area contributed by atoms with Crippen LogP contribution in [-0.4, -0.2) is 62.8 Å². The smallest absolute Gasteiger partial charge is 0.250 e. The van der Waals surface area contributed by atoms with Crippen LogP contribution < -0.4 is 10.6 Å². The lowest BCUT2D eigenvalue weighted by Gasteiger charge is -2.31. The summed E-state index contributed by atoms with van der Waals surface area (Å²) in [6.45, 7) is 4.24. The number of piperidine rings is 1. The number of rotatable bonds is 2. The van der Waals surface area contributed by atoms with E-state index in [1.165, 1.54) is 0 Å². The molecule has 0 bridgehead atoms. The van der Waals surface area contributed by atoms with Crippen molar-refractivity contribution in [1.29, 1.82) is 0 Å². The van der Waals surface area contributed by atoms with Crippen molar-refractivity contribution in [3.05, 3.63) is 0 Å². The maximum atomic E-state index is 11.9. The van der Waals surface area contributed by atoms with E-state index in [1.54, 1.807) is 0 Å². The Kier molecular flexibility index (Phi) is 4.15. The third-order valence-electron chi connectivity index (χ3n) is 3.28. The molecule has 2 rings (SSSR count). The van der Waals surface area contributed by atoms with Gasteiger partial charge in [-0.2, -0.15) is 0 Å². The summed E-state index contributed by atoms with van der Waals surface area (Å²) in [6, 6.07) is 0.328. The first-order valence-corrected chi connectivity index (χ1v) is 6.07. The van der Waals surface area contributed by atoms with Crippen molar-refractivity contribution in [2.45, 2.75) is 25.0 Å². The SMILES string of the molecule is CN1CCC(NC(=O)C2CNCCO2)CC1. The molecule has 16 heavy (non-hydrogen) atoms. The van der Waals surface area contributed by atoms with Crippen molar-refractivity contribution in [3.63, 3.8) is 0 Å². The lowest BCUT2D eigenvalue weighted by Crippen LogP contribution is -2.52. The second kappa shape index (κ2) is 5.61. The molecular formula is C11H21N3O2. The molecule has 2 aliphatic rings. The summed E-state index contributed by atoms with van der Waals surface area (Å²) in [7, 11) is 2.12. The fraction of sp³-hybridized carbons (Fsp3) is 0.909. The van der Waals surface area contributed by atoms with E-state index in [-0.39, 0.29) is 12.0 Å². The molecule has 1 unspecified atom stereocenters. The van der Waals surface area contributed by atoms with Gasteiger partial charge in [-0.15, -0.1) is 0 Å². The summed E-state index contributed by atoms with van der Waals surface area (Å²) in [5.41, 5.74) is 0. The van der Waals surface area contributed by atoms with Crippen molar-refractivity contribution < 1.29 is 9.53 Å². The second-order valence-corrected chi connectivity index (χ2v) is 4.65. The molecule has 0 radical (unpaired) electrons. The highest BCUT2D eigenvalue weighted by Gasteiger charge is 2.25. The molecule has 2 aliphatic heterocycles. The zero-order valence-corrected chi connectivity index (χ0v) is 9.87. The highest BCUT2D eigenvalue weighted by molar-refractivity contribution is 5.81. The minimum atomic E-state index is -0.298. The molecule has 92 valence electrons. The summed E-state index contributed by atoms with van der Waals surface area (Å²) in [5, 5.41) is 6.24. The molecule has 0 aromatic heterocycles. The zero-order valence-electron chi connectivity index (χ0n) is 9.87. The average molecular weight is 227 g/mol. The van der Waals surface area contributed by atoms with E-state index in [0.29, 0.717) is 19.2 Å². The number of carbonyl (C=O) groups is 1. The van der Waals surface area contributed by atoms with Gasteiger partial charge < -0.3 is 20.3 Å². The van der Waals surface area contributed by atoms with Gasteiger partial charge in [-0.3, -0.25) is 4.79 Å². The van der Waals surface area contributed by atoms with E-state index in [1.807, 2.05) is 0 Å². The molecule has 0 saturated carbocycles. The predicted molar refractivity (Wildman–Crippen MR) is 61.3 cm³/mol. The molecule has 2 N–H and O–H groups in total. The van der Waals surface area contributed by atoms with Crippen LogP contribution in [0, 0.1) is 0 Å². The molecule has 0 aromatic rings. The number of hydrogen-bond donors (Lipinski definition) is 2. The molecular weight excluding hydrogens is 206 g/mol. The minimum Gasteiger partial charge on any atom is -0.366 e. The maximum Gasteiger partial charge on any atom is 0.250 e. The van der Waals surface area contributed by atoms with Gasteiger partial charge in [-0.1, -0.05) is 0 Å². The van der Waals surface area contributed by atoms with Gasteiger partial charge in [0, 0.05) is 19.1 Å². The van der Waals surface area contributed by atoms with Crippen molar-refractivity contribution in [2.24, 2.45) is 0 Å². The minimum absolute atomic E-state index is 0.0433. The monoisotopic (exact) mass is 227 g/mol. The normalized spacial score (nSPS) is 28.9. The third-order valence-corrected chi connectivity index (χ3v) is 3.28. The Bertz CT molecular complexity index is 233. The second-order valence-electron chi connectivity index (χ2n) is 4.65. The Balaban J connectivity index is 1.73. The molecule has 0 aliphatic carbocycles. The molecule has 2 fully saturated rings. The lowest BCUT2D eigenvalue weighted by atomic mass is 10.1. The van der Waals surface area contributed by atoms with Gasteiger partial charge in [-0.25, -0.2) is 0 Å². The lowest BCUT2D eigenvalue weighted by molar-refractivity contribution is -0.135. The first-order chi connectivity index (χ1) is 7.75. The van der Waals surface area contributed by atoms with Crippen LogP contribution in [0.1, 0.15) is 12.8 Å². The molecule has 1 amide bonds. The molecule has 2 heterocycles. The van der Waals surface area contributed by atoms with Crippen LogP contribution in [0.2, 0.25) is 0 Å². The van der Waals surface area contributed by atoms with Crippen molar-refractivity contribution in [2.75, 3.05) is 39.8 Å². The topological polar surface area (TPSA) is 53.6 Å². The number of ether oxygens (including phenoxy) is 1. The van der Waals surface area contributed by atoms with Crippen LogP contribution in [0.5, 0.6) is 0 Å². The van der Waals surface area contributed by atoms with Crippen LogP contribution in [0.4, 0.5) is 0 Å². The summed E-state index contributed by atoms with van der Waals surface area (Å²) in [4.78, 5) is 14.2. The van der Waals surface area contributed by atoms with E-state index >= 15 is 0 Å². The summed E-state index contributed by atoms with van der Waals surface area (Å²) >= 11 is 0. The number of nitrogens with one attached hydrogen (secondary N) is 2. The average Bonchev–Trinajstić information content (AvgIpc) is 2.33. The van der Waals surface area contributed by atoms with Crippen molar-refractivity contribution in [1.82, 2.24) is 15.5 Å². The van der Waals surface area contributed by atoms with Crippen LogP contribution in [0.3, 0.4) is 0 Å². The molecule has 0 spiro atoms. The Morgan fingerprint density at radius 1 is 1.44 bits per heavy atom. The summed E-state index contributed by atoms with van der Waals surface area (Å²) in [6.07, 6.45) is 1.79. The number of carbonyl (C=O) groups excluding carboxylic acids is 1. The quantitative estimate of drug-likeness (QED) is 0.647. The van der Waals surface area contributed by atoms with Crippen LogP contribution in [-0.2, 0) is 9.53 Å². The van der Waals surface area contributed by atoms with Gasteiger partial charge in [0.2, 0.25) is 0 Å².